The number of hydrogen-bond acceptors (Lipinski definition) is 2. The van der Waals surface area contributed by atoms with Gasteiger partial charge in [0.15, 0.2) is 0 Å². The molecular weight excluding hydrogens is 1280 g/mol. The maximum absolute atomic E-state index is 2.40. The van der Waals surface area contributed by atoms with Crippen molar-refractivity contribution in [2.75, 3.05) is 9.80 Å². The van der Waals surface area contributed by atoms with E-state index in [1.54, 1.807) is 0 Å². The van der Waals surface area contributed by atoms with Crippen LogP contribution in [0.25, 0.3) is 133 Å². The standard InChI is InChI=1S/C54H38N2.C48H34N2/c1-4-14-39(15-5-1)42-26-31-47(32-27-42)55(48-33-28-43(29-34-48)40-16-6-2-7-17-40)49-22-13-21-45(37-49)46-30-35-54-52(38-46)51-24-10-11-25-53(51)56(54)50-23-12-20-44(36-50)41-18-8-3-9-19-41;1-4-13-35(14-5-1)37-23-28-42(29-24-37)49(43-30-25-38(26-31-43)36-15-6-2-7-16-36)44-20-12-17-39(33-44)40-27-32-48-46(34-40)45-21-10-11-22-47(45)50(48)41-18-8-3-9-19-41/h1-38H;1-34H. The molecule has 0 radical (unpaired) electrons. The average molecular weight is 1350 g/mol. The third-order valence-corrected chi connectivity index (χ3v) is 20.4. The first kappa shape index (κ1) is 64.1. The second-order valence-electron chi connectivity index (χ2n) is 26.8. The summed E-state index contributed by atoms with van der Waals surface area (Å²) in [5.41, 5.74) is 30.5. The summed E-state index contributed by atoms with van der Waals surface area (Å²) in [4.78, 5) is 4.71. The topological polar surface area (TPSA) is 16.3 Å². The number of aromatic nitrogens is 2. The van der Waals surface area contributed by atoms with Gasteiger partial charge in [0.25, 0.3) is 0 Å². The van der Waals surface area contributed by atoms with Crippen molar-refractivity contribution in [3.05, 3.63) is 437 Å². The maximum atomic E-state index is 2.40. The van der Waals surface area contributed by atoms with Crippen LogP contribution in [0.5, 0.6) is 0 Å². The molecule has 0 fully saturated rings. The molecule has 2 aromatic heterocycles. The van der Waals surface area contributed by atoms with Crippen molar-refractivity contribution in [1.82, 2.24) is 9.13 Å². The molecule has 0 aliphatic rings. The SMILES string of the molecule is c1ccc(-c2ccc(N(c3ccc(-c4ccccc4)cc3)c3cccc(-c4ccc5c(c4)c4ccccc4n5-c4cccc(-c5ccccc5)c4)c3)cc2)cc1.c1ccc(-c2ccc(N(c3ccc(-c4ccccc4)cc3)c3cccc(-c4ccc5c(c4)c4ccccc4n5-c4ccccc4)c3)cc2)cc1. The Balaban J connectivity index is 0.000000151. The molecule has 0 saturated carbocycles. The highest BCUT2D eigenvalue weighted by Crippen LogP contribution is 2.44. The molecule has 0 aliphatic carbocycles. The van der Waals surface area contributed by atoms with Gasteiger partial charge in [-0.25, -0.2) is 0 Å². The number of benzene rings is 17. The average Bonchev–Trinajstić information content (AvgIpc) is 1.59. The number of rotatable bonds is 15. The van der Waals surface area contributed by atoms with Crippen LogP contribution in [0.1, 0.15) is 0 Å². The Hall–Kier alpha value is -14.1. The monoisotopic (exact) mass is 1350 g/mol. The minimum atomic E-state index is 1.10. The van der Waals surface area contributed by atoms with Crippen molar-refractivity contribution in [3.63, 3.8) is 0 Å². The molecule has 0 atom stereocenters. The number of para-hydroxylation sites is 3. The molecule has 19 rings (SSSR count). The predicted octanol–water partition coefficient (Wildman–Crippen LogP) is 28.2. The Bertz CT molecular complexity index is 6090. The molecule has 0 N–H and O–H groups in total. The van der Waals surface area contributed by atoms with Crippen molar-refractivity contribution < 1.29 is 0 Å². The van der Waals surface area contributed by atoms with Crippen molar-refractivity contribution in [3.8, 4) is 89.3 Å². The predicted molar refractivity (Wildman–Crippen MR) is 449 cm³/mol. The van der Waals surface area contributed by atoms with E-state index in [2.05, 4.69) is 456 Å². The van der Waals surface area contributed by atoms with Crippen molar-refractivity contribution in [2.45, 2.75) is 0 Å². The van der Waals surface area contributed by atoms with E-state index >= 15 is 0 Å². The fourth-order valence-corrected chi connectivity index (χ4v) is 15.2. The molecule has 4 heteroatoms. The lowest BCUT2D eigenvalue weighted by atomic mass is 10.0. The van der Waals surface area contributed by atoms with E-state index in [-0.39, 0.29) is 0 Å². The molecule has 106 heavy (non-hydrogen) atoms. The molecule has 4 nitrogen and oxygen atoms in total. The van der Waals surface area contributed by atoms with Crippen molar-refractivity contribution in [1.29, 1.82) is 0 Å². The van der Waals surface area contributed by atoms with Crippen molar-refractivity contribution >= 4 is 77.7 Å². The molecule has 19 aromatic rings. The number of fused-ring (bicyclic) bond motifs is 6. The van der Waals surface area contributed by atoms with Crippen LogP contribution in [0.15, 0.2) is 437 Å². The minimum absolute atomic E-state index is 1.10. The van der Waals surface area contributed by atoms with E-state index in [4.69, 9.17) is 0 Å². The maximum Gasteiger partial charge on any atom is 0.0541 e. The molecule has 0 spiro atoms. The van der Waals surface area contributed by atoms with E-state index in [0.717, 1.165) is 39.8 Å². The molecule has 0 unspecified atom stereocenters. The normalized spacial score (nSPS) is 11.2. The Morgan fingerprint density at radius 3 is 0.726 bits per heavy atom. The zero-order valence-corrected chi connectivity index (χ0v) is 58.4. The Morgan fingerprint density at radius 2 is 0.368 bits per heavy atom. The second kappa shape index (κ2) is 28.8. The summed E-state index contributed by atoms with van der Waals surface area (Å²) in [6.45, 7) is 0. The van der Waals surface area contributed by atoms with Gasteiger partial charge in [0.2, 0.25) is 0 Å². The smallest absolute Gasteiger partial charge is 0.0541 e. The Labute approximate surface area is 618 Å². The largest absolute Gasteiger partial charge is 0.310 e. The summed E-state index contributed by atoms with van der Waals surface area (Å²) < 4.78 is 4.77. The van der Waals surface area contributed by atoms with Gasteiger partial charge in [-0.15, -0.1) is 0 Å². The van der Waals surface area contributed by atoms with Crippen LogP contribution in [0.3, 0.4) is 0 Å². The second-order valence-corrected chi connectivity index (χ2v) is 26.8. The van der Waals surface area contributed by atoms with Crippen molar-refractivity contribution in [2.24, 2.45) is 0 Å². The lowest BCUT2D eigenvalue weighted by Crippen LogP contribution is -2.10. The van der Waals surface area contributed by atoms with E-state index in [1.165, 1.54) is 127 Å². The van der Waals surface area contributed by atoms with Crippen LogP contribution in [0, 0.1) is 0 Å². The number of anilines is 6. The summed E-state index contributed by atoms with van der Waals surface area (Å²) >= 11 is 0. The quantitative estimate of drug-likeness (QED) is 0.102. The van der Waals surface area contributed by atoms with E-state index in [0.29, 0.717) is 0 Å². The highest BCUT2D eigenvalue weighted by Gasteiger charge is 2.20. The summed E-state index contributed by atoms with van der Waals surface area (Å²) in [7, 11) is 0. The van der Waals surface area contributed by atoms with Gasteiger partial charge in [0.05, 0.1) is 22.1 Å². The Kier molecular flexibility index (Phi) is 17.4. The van der Waals surface area contributed by atoms with Gasteiger partial charge in [-0.3, -0.25) is 0 Å². The summed E-state index contributed by atoms with van der Waals surface area (Å²) in [6, 6.07) is 157. The molecule has 0 saturated heterocycles. The van der Waals surface area contributed by atoms with Gasteiger partial charge in [-0.05, 0) is 211 Å². The highest BCUT2D eigenvalue weighted by atomic mass is 15.1. The van der Waals surface area contributed by atoms with Gasteiger partial charge < -0.3 is 18.9 Å². The molecule has 0 aliphatic heterocycles. The van der Waals surface area contributed by atoms with Crippen LogP contribution in [-0.4, -0.2) is 9.13 Å². The van der Waals surface area contributed by atoms with Crippen LogP contribution in [0.4, 0.5) is 34.1 Å². The fourth-order valence-electron chi connectivity index (χ4n) is 15.2. The number of hydrogen-bond donors (Lipinski definition) is 0. The lowest BCUT2D eigenvalue weighted by molar-refractivity contribution is 1.18. The first-order valence-corrected chi connectivity index (χ1v) is 36.3. The molecular formula is C102H72N4. The summed E-state index contributed by atoms with van der Waals surface area (Å²) in [6.07, 6.45) is 0. The zero-order chi connectivity index (χ0) is 70.5. The lowest BCUT2D eigenvalue weighted by Gasteiger charge is -2.26. The summed E-state index contributed by atoms with van der Waals surface area (Å²) in [5.74, 6) is 0. The van der Waals surface area contributed by atoms with Crippen LogP contribution >= 0.6 is 0 Å². The minimum Gasteiger partial charge on any atom is -0.310 e. The third kappa shape index (κ3) is 12.8. The van der Waals surface area contributed by atoms with E-state index < -0.39 is 0 Å². The first-order valence-electron chi connectivity index (χ1n) is 36.3. The zero-order valence-electron chi connectivity index (χ0n) is 58.4. The molecule has 2 heterocycles. The van der Waals surface area contributed by atoms with E-state index in [1.807, 2.05) is 0 Å². The highest BCUT2D eigenvalue weighted by molar-refractivity contribution is 6.12. The molecule has 0 bridgehead atoms. The molecule has 500 valence electrons. The van der Waals surface area contributed by atoms with Crippen LogP contribution in [-0.2, 0) is 0 Å². The van der Waals surface area contributed by atoms with E-state index in [9.17, 15) is 0 Å². The molecule has 0 amide bonds. The van der Waals surface area contributed by atoms with Gasteiger partial charge in [0, 0.05) is 67.0 Å². The van der Waals surface area contributed by atoms with Crippen LogP contribution in [0.2, 0.25) is 0 Å². The van der Waals surface area contributed by atoms with Gasteiger partial charge in [-0.2, -0.15) is 0 Å². The van der Waals surface area contributed by atoms with Crippen LogP contribution < -0.4 is 9.80 Å². The Morgan fingerprint density at radius 1 is 0.132 bits per heavy atom. The third-order valence-electron chi connectivity index (χ3n) is 20.4. The first-order chi connectivity index (χ1) is 52.6. The fraction of sp³-hybridized carbons (Fsp3) is 0. The summed E-state index contributed by atoms with van der Waals surface area (Å²) in [5, 5.41) is 4.97. The number of nitrogens with zero attached hydrogens (tertiary/aromatic N) is 4. The molecule has 17 aromatic carbocycles. The van der Waals surface area contributed by atoms with Gasteiger partial charge >= 0.3 is 0 Å². The van der Waals surface area contributed by atoms with Gasteiger partial charge in [-0.1, -0.05) is 303 Å². The van der Waals surface area contributed by atoms with Gasteiger partial charge in [0.1, 0.15) is 0 Å².